The third-order valence-electron chi connectivity index (χ3n) is 3.12. The third-order valence-corrected chi connectivity index (χ3v) is 3.75. The summed E-state index contributed by atoms with van der Waals surface area (Å²) in [6, 6.07) is 12.6. The van der Waals surface area contributed by atoms with E-state index in [1.54, 1.807) is 12.1 Å². The van der Waals surface area contributed by atoms with Crippen LogP contribution in [-0.4, -0.2) is 6.54 Å². The first-order valence-corrected chi connectivity index (χ1v) is 7.86. The highest BCUT2D eigenvalue weighted by Gasteiger charge is 2.09. The largest absolute Gasteiger partial charge is 0.487 e. The van der Waals surface area contributed by atoms with E-state index >= 15 is 0 Å². The topological polar surface area (TPSA) is 21.3 Å². The van der Waals surface area contributed by atoms with Crippen molar-refractivity contribution in [3.63, 3.8) is 0 Å². The predicted molar refractivity (Wildman–Crippen MR) is 86.9 cm³/mol. The lowest BCUT2D eigenvalue weighted by molar-refractivity contribution is 0.294. The molecule has 0 atom stereocenters. The molecule has 1 N–H and O–H groups in total. The average molecular weight is 352 g/mol. The van der Waals surface area contributed by atoms with Crippen molar-refractivity contribution in [3.05, 3.63) is 63.9 Å². The molecule has 0 bridgehead atoms. The van der Waals surface area contributed by atoms with E-state index in [0.717, 1.165) is 35.3 Å². The van der Waals surface area contributed by atoms with E-state index in [-0.39, 0.29) is 12.4 Å². The number of halogens is 2. The Bertz CT molecular complexity index is 589. The van der Waals surface area contributed by atoms with Gasteiger partial charge in [-0.1, -0.05) is 37.3 Å². The molecule has 0 aromatic heterocycles. The molecule has 2 nitrogen and oxygen atoms in total. The Kier molecular flexibility index (Phi) is 6.21. The van der Waals surface area contributed by atoms with Crippen molar-refractivity contribution in [2.24, 2.45) is 0 Å². The second-order valence-corrected chi connectivity index (χ2v) is 5.64. The summed E-state index contributed by atoms with van der Waals surface area (Å²) in [7, 11) is 0. The number of ether oxygens (including phenoxy) is 1. The van der Waals surface area contributed by atoms with Crippen molar-refractivity contribution >= 4 is 15.9 Å². The quantitative estimate of drug-likeness (QED) is 0.732. The van der Waals surface area contributed by atoms with Crippen molar-refractivity contribution in [1.82, 2.24) is 5.32 Å². The predicted octanol–water partition coefficient (Wildman–Crippen LogP) is 4.67. The van der Waals surface area contributed by atoms with Gasteiger partial charge in [-0.3, -0.25) is 0 Å². The maximum absolute atomic E-state index is 13.6. The lowest BCUT2D eigenvalue weighted by Gasteiger charge is -2.14. The zero-order valence-electron chi connectivity index (χ0n) is 12.0. The molecule has 0 radical (unpaired) electrons. The van der Waals surface area contributed by atoms with E-state index in [1.165, 1.54) is 6.07 Å². The van der Waals surface area contributed by atoms with Crippen molar-refractivity contribution in [3.8, 4) is 5.75 Å². The minimum absolute atomic E-state index is 0.218. The Morgan fingerprint density at radius 3 is 2.62 bits per heavy atom. The van der Waals surface area contributed by atoms with Gasteiger partial charge >= 0.3 is 0 Å². The van der Waals surface area contributed by atoms with E-state index in [2.05, 4.69) is 28.2 Å². The Morgan fingerprint density at radius 1 is 1.10 bits per heavy atom. The summed E-state index contributed by atoms with van der Waals surface area (Å²) < 4.78 is 20.4. The van der Waals surface area contributed by atoms with E-state index < -0.39 is 0 Å². The van der Waals surface area contributed by atoms with Crippen LogP contribution >= 0.6 is 15.9 Å². The molecule has 0 spiro atoms. The number of nitrogens with one attached hydrogen (secondary N) is 1. The molecule has 0 aliphatic rings. The van der Waals surface area contributed by atoms with Crippen LogP contribution in [0.4, 0.5) is 4.39 Å². The van der Waals surface area contributed by atoms with Gasteiger partial charge in [0.1, 0.15) is 18.2 Å². The van der Waals surface area contributed by atoms with Gasteiger partial charge in [-0.25, -0.2) is 4.39 Å². The fraction of sp³-hybridized carbons (Fsp3) is 0.294. The molecule has 0 fully saturated rings. The van der Waals surface area contributed by atoms with Gasteiger partial charge in [0.2, 0.25) is 0 Å². The van der Waals surface area contributed by atoms with Crippen molar-refractivity contribution < 1.29 is 9.13 Å². The lowest BCUT2D eigenvalue weighted by Crippen LogP contribution is -2.15. The highest BCUT2D eigenvalue weighted by Crippen LogP contribution is 2.30. The van der Waals surface area contributed by atoms with E-state index in [4.69, 9.17) is 4.74 Å². The molecule has 2 rings (SSSR count). The summed E-state index contributed by atoms with van der Waals surface area (Å²) >= 11 is 3.50. The summed E-state index contributed by atoms with van der Waals surface area (Å²) in [6.07, 6.45) is 1.08. The SMILES string of the molecule is CCCNCc1cccc(Br)c1OCc1ccccc1F. The minimum atomic E-state index is -0.241. The fourth-order valence-electron chi connectivity index (χ4n) is 2.02. The van der Waals surface area contributed by atoms with Gasteiger partial charge in [0.25, 0.3) is 0 Å². The summed E-state index contributed by atoms with van der Waals surface area (Å²) in [5, 5.41) is 3.35. The first-order valence-electron chi connectivity index (χ1n) is 7.06. The zero-order valence-corrected chi connectivity index (χ0v) is 13.6. The van der Waals surface area contributed by atoms with Crippen LogP contribution in [0.3, 0.4) is 0 Å². The van der Waals surface area contributed by atoms with Crippen molar-refractivity contribution in [1.29, 1.82) is 0 Å². The number of rotatable bonds is 7. The van der Waals surface area contributed by atoms with Crippen molar-refractivity contribution in [2.45, 2.75) is 26.5 Å². The van der Waals surface area contributed by atoms with E-state index in [9.17, 15) is 4.39 Å². The van der Waals surface area contributed by atoms with E-state index in [1.807, 2.05) is 24.3 Å². The van der Waals surface area contributed by atoms with Gasteiger partial charge in [0.15, 0.2) is 0 Å². The number of benzene rings is 2. The molecule has 0 unspecified atom stereocenters. The zero-order chi connectivity index (χ0) is 15.1. The monoisotopic (exact) mass is 351 g/mol. The molecule has 0 saturated carbocycles. The standard InChI is InChI=1S/C17H19BrFNO/c1-2-10-20-11-13-7-5-8-15(18)17(13)21-12-14-6-3-4-9-16(14)19/h3-9,20H,2,10-12H2,1H3. The van der Waals surface area contributed by atoms with Gasteiger partial charge in [-0.2, -0.15) is 0 Å². The molecule has 112 valence electrons. The highest BCUT2D eigenvalue weighted by atomic mass is 79.9. The third kappa shape index (κ3) is 4.55. The van der Waals surface area contributed by atoms with Crippen LogP contribution in [0.1, 0.15) is 24.5 Å². The molecule has 0 amide bonds. The van der Waals surface area contributed by atoms with Crippen LogP contribution in [0.2, 0.25) is 0 Å². The molecule has 0 aliphatic carbocycles. The summed E-state index contributed by atoms with van der Waals surface area (Å²) in [5.41, 5.74) is 1.62. The number of hydrogen-bond acceptors (Lipinski definition) is 2. The Labute approximate surface area is 133 Å². The first-order chi connectivity index (χ1) is 10.2. The molecular formula is C17H19BrFNO. The second kappa shape index (κ2) is 8.15. The Balaban J connectivity index is 2.09. The molecule has 2 aromatic rings. The van der Waals surface area contributed by atoms with E-state index in [0.29, 0.717) is 5.56 Å². The van der Waals surface area contributed by atoms with Crippen LogP contribution in [-0.2, 0) is 13.2 Å². The smallest absolute Gasteiger partial charge is 0.138 e. The second-order valence-electron chi connectivity index (χ2n) is 4.78. The summed E-state index contributed by atoms with van der Waals surface area (Å²) in [6.45, 7) is 4.04. The molecule has 2 aromatic carbocycles. The molecule has 0 saturated heterocycles. The lowest BCUT2D eigenvalue weighted by atomic mass is 10.2. The van der Waals surface area contributed by atoms with Crippen LogP contribution < -0.4 is 10.1 Å². The summed E-state index contributed by atoms with van der Waals surface area (Å²) in [5.74, 6) is 0.527. The Hall–Kier alpha value is -1.39. The molecule has 0 heterocycles. The molecule has 4 heteroatoms. The summed E-state index contributed by atoms with van der Waals surface area (Å²) in [4.78, 5) is 0. The fourth-order valence-corrected chi connectivity index (χ4v) is 2.54. The van der Waals surface area contributed by atoms with Gasteiger partial charge in [-0.05, 0) is 41.0 Å². The van der Waals surface area contributed by atoms with Gasteiger partial charge in [0.05, 0.1) is 4.47 Å². The average Bonchev–Trinajstić information content (AvgIpc) is 2.48. The van der Waals surface area contributed by atoms with Crippen molar-refractivity contribution in [2.75, 3.05) is 6.54 Å². The molecule has 21 heavy (non-hydrogen) atoms. The molecule has 0 aliphatic heterocycles. The Morgan fingerprint density at radius 2 is 1.86 bits per heavy atom. The van der Waals surface area contributed by atoms with Crippen LogP contribution in [0, 0.1) is 5.82 Å². The van der Waals surface area contributed by atoms with Crippen LogP contribution in [0.5, 0.6) is 5.75 Å². The maximum Gasteiger partial charge on any atom is 0.138 e. The maximum atomic E-state index is 13.6. The normalized spacial score (nSPS) is 10.6. The van der Waals surface area contributed by atoms with Gasteiger partial charge in [0, 0.05) is 17.7 Å². The van der Waals surface area contributed by atoms with Crippen LogP contribution in [0.15, 0.2) is 46.9 Å². The van der Waals surface area contributed by atoms with Gasteiger partial charge < -0.3 is 10.1 Å². The number of hydrogen-bond donors (Lipinski definition) is 1. The van der Waals surface area contributed by atoms with Crippen LogP contribution in [0.25, 0.3) is 0 Å². The van der Waals surface area contributed by atoms with Gasteiger partial charge in [-0.15, -0.1) is 0 Å². The highest BCUT2D eigenvalue weighted by molar-refractivity contribution is 9.10. The number of para-hydroxylation sites is 1. The molecular weight excluding hydrogens is 333 g/mol. The minimum Gasteiger partial charge on any atom is -0.487 e. The first kappa shape index (κ1) is 16.0.